The van der Waals surface area contributed by atoms with E-state index in [2.05, 4.69) is 53.1 Å². The van der Waals surface area contributed by atoms with E-state index in [1.54, 1.807) is 36.4 Å². The van der Waals surface area contributed by atoms with Crippen LogP contribution in [0.5, 0.6) is 11.5 Å². The standard InChI is InChI=1S/C27H20IN3O4/c1-3-30-26(32)34-22-11-6-17-13-16(15-29)5-9-20(17)24(22)25-21-10-8-19(28)14-18(21)7-12-23(25)35-27(33)31-4-2/h5-14H,1-4H2,(H,30,32)(H,31,33). The molecule has 0 saturated heterocycles. The van der Waals surface area contributed by atoms with Gasteiger partial charge in [-0.25, -0.2) is 9.59 Å². The molecule has 0 bridgehead atoms. The van der Waals surface area contributed by atoms with Gasteiger partial charge < -0.3 is 20.1 Å². The molecule has 2 N–H and O–H groups in total. The number of ether oxygens (including phenoxy) is 2. The van der Waals surface area contributed by atoms with Gasteiger partial charge in [-0.1, -0.05) is 24.3 Å². The van der Waals surface area contributed by atoms with Crippen LogP contribution in [0.1, 0.15) is 5.56 Å². The van der Waals surface area contributed by atoms with Crippen molar-refractivity contribution in [3.63, 3.8) is 0 Å². The van der Waals surface area contributed by atoms with Crippen LogP contribution in [0.15, 0.2) is 60.7 Å². The Bertz CT molecular complexity index is 1490. The SMILES string of the molecule is [CH2]CNC(=O)Oc1ccc2cc(I)ccc2c1-c1c(OC(=O)NC[CH2])ccc2cc(C#N)ccc12. The molecule has 0 aliphatic heterocycles. The highest BCUT2D eigenvalue weighted by atomic mass is 127. The Kier molecular flexibility index (Phi) is 7.36. The minimum Gasteiger partial charge on any atom is -0.410 e. The Morgan fingerprint density at radius 1 is 0.800 bits per heavy atom. The van der Waals surface area contributed by atoms with Gasteiger partial charge in [-0.3, -0.25) is 0 Å². The molecule has 0 fully saturated rings. The van der Waals surface area contributed by atoms with Crippen molar-refractivity contribution in [2.24, 2.45) is 0 Å². The fourth-order valence-corrected chi connectivity index (χ4v) is 4.34. The molecule has 0 aliphatic carbocycles. The summed E-state index contributed by atoms with van der Waals surface area (Å²) in [6, 6.07) is 20.3. The maximum absolute atomic E-state index is 12.4. The first-order valence-electron chi connectivity index (χ1n) is 10.6. The first-order chi connectivity index (χ1) is 16.9. The van der Waals surface area contributed by atoms with E-state index in [0.717, 1.165) is 25.1 Å². The van der Waals surface area contributed by atoms with E-state index in [0.29, 0.717) is 16.7 Å². The third-order valence-corrected chi connectivity index (χ3v) is 5.92. The van der Waals surface area contributed by atoms with E-state index in [-0.39, 0.29) is 24.6 Å². The topological polar surface area (TPSA) is 100 Å². The fourth-order valence-electron chi connectivity index (χ4n) is 3.82. The highest BCUT2D eigenvalue weighted by molar-refractivity contribution is 14.1. The van der Waals surface area contributed by atoms with Gasteiger partial charge >= 0.3 is 12.2 Å². The second-order valence-corrected chi connectivity index (χ2v) is 8.67. The number of hydrogen-bond donors (Lipinski definition) is 2. The van der Waals surface area contributed by atoms with Gasteiger partial charge in [-0.2, -0.15) is 5.26 Å². The van der Waals surface area contributed by atoms with E-state index in [1.165, 1.54) is 0 Å². The molecule has 0 aliphatic rings. The number of benzene rings is 4. The fraction of sp³-hybridized carbons (Fsp3) is 0.0741. The molecule has 174 valence electrons. The third-order valence-electron chi connectivity index (χ3n) is 5.25. The van der Waals surface area contributed by atoms with Gasteiger partial charge in [-0.15, -0.1) is 0 Å². The molecular weight excluding hydrogens is 557 g/mol. The normalized spacial score (nSPS) is 10.6. The maximum Gasteiger partial charge on any atom is 0.412 e. The van der Waals surface area contributed by atoms with Gasteiger partial charge in [-0.05, 0) is 94.4 Å². The second-order valence-electron chi connectivity index (χ2n) is 7.42. The van der Waals surface area contributed by atoms with Crippen LogP contribution >= 0.6 is 22.6 Å². The summed E-state index contributed by atoms with van der Waals surface area (Å²) >= 11 is 2.23. The van der Waals surface area contributed by atoms with Crippen molar-refractivity contribution in [3.8, 4) is 28.7 Å². The summed E-state index contributed by atoms with van der Waals surface area (Å²) in [5.41, 5.74) is 1.62. The Morgan fingerprint density at radius 3 is 1.83 bits per heavy atom. The molecule has 4 aromatic rings. The molecule has 35 heavy (non-hydrogen) atoms. The number of amides is 2. The highest BCUT2D eigenvalue weighted by Crippen LogP contribution is 2.46. The number of hydrogen-bond acceptors (Lipinski definition) is 5. The Hall–Kier alpha value is -3.84. The number of nitriles is 1. The predicted molar refractivity (Wildman–Crippen MR) is 143 cm³/mol. The van der Waals surface area contributed by atoms with Crippen molar-refractivity contribution in [3.05, 3.63) is 83.6 Å². The number of fused-ring (bicyclic) bond motifs is 2. The predicted octanol–water partition coefficient (Wildman–Crippen LogP) is 5.98. The summed E-state index contributed by atoms with van der Waals surface area (Å²) in [5.74, 6) is 0.547. The molecule has 0 aromatic heterocycles. The summed E-state index contributed by atoms with van der Waals surface area (Å²) < 4.78 is 12.4. The number of carbonyl (C=O) groups is 2. The quantitative estimate of drug-likeness (QED) is 0.285. The van der Waals surface area contributed by atoms with Crippen LogP contribution in [0.4, 0.5) is 9.59 Å². The lowest BCUT2D eigenvalue weighted by molar-refractivity contribution is 0.200. The molecule has 4 aromatic carbocycles. The van der Waals surface area contributed by atoms with Gasteiger partial charge in [0.2, 0.25) is 0 Å². The van der Waals surface area contributed by atoms with E-state index >= 15 is 0 Å². The zero-order valence-electron chi connectivity index (χ0n) is 18.6. The van der Waals surface area contributed by atoms with Crippen LogP contribution in [0.25, 0.3) is 32.7 Å². The number of rotatable bonds is 5. The third kappa shape index (κ3) is 5.15. The van der Waals surface area contributed by atoms with Crippen LogP contribution in [0.3, 0.4) is 0 Å². The van der Waals surface area contributed by atoms with Gasteiger partial charge in [0.15, 0.2) is 0 Å². The summed E-state index contributed by atoms with van der Waals surface area (Å²) in [6.45, 7) is 7.55. The molecule has 2 amide bonds. The van der Waals surface area contributed by atoms with Gasteiger partial charge in [0, 0.05) is 27.8 Å². The second kappa shape index (κ2) is 10.6. The van der Waals surface area contributed by atoms with Crippen LogP contribution in [-0.2, 0) is 0 Å². The average Bonchev–Trinajstić information content (AvgIpc) is 2.84. The molecule has 4 rings (SSSR count). The zero-order valence-corrected chi connectivity index (χ0v) is 20.7. The molecule has 0 heterocycles. The van der Waals surface area contributed by atoms with Gasteiger partial charge in [0.1, 0.15) is 11.5 Å². The molecular formula is C27H20IN3O4. The average molecular weight is 577 g/mol. The van der Waals surface area contributed by atoms with Crippen LogP contribution in [-0.4, -0.2) is 25.3 Å². The minimum atomic E-state index is -0.665. The Labute approximate surface area is 216 Å². The molecule has 2 radical (unpaired) electrons. The van der Waals surface area contributed by atoms with Crippen molar-refractivity contribution in [2.75, 3.05) is 13.1 Å². The summed E-state index contributed by atoms with van der Waals surface area (Å²) in [4.78, 5) is 24.7. The molecule has 0 atom stereocenters. The first kappa shape index (κ1) is 24.3. The molecule has 0 saturated carbocycles. The smallest absolute Gasteiger partial charge is 0.410 e. The summed E-state index contributed by atoms with van der Waals surface area (Å²) in [5, 5.41) is 17.6. The van der Waals surface area contributed by atoms with Gasteiger partial charge in [0.25, 0.3) is 0 Å². The van der Waals surface area contributed by atoms with Crippen LogP contribution in [0, 0.1) is 28.7 Å². The lowest BCUT2D eigenvalue weighted by Gasteiger charge is -2.19. The van der Waals surface area contributed by atoms with E-state index in [9.17, 15) is 14.9 Å². The van der Waals surface area contributed by atoms with Crippen LogP contribution in [0.2, 0.25) is 0 Å². The van der Waals surface area contributed by atoms with Crippen molar-refractivity contribution < 1.29 is 19.1 Å². The lowest BCUT2D eigenvalue weighted by Crippen LogP contribution is -2.27. The Morgan fingerprint density at radius 2 is 1.31 bits per heavy atom. The monoisotopic (exact) mass is 577 g/mol. The Balaban J connectivity index is 2.07. The molecule has 0 unspecified atom stereocenters. The van der Waals surface area contributed by atoms with Crippen LogP contribution < -0.4 is 20.1 Å². The number of halogens is 1. The first-order valence-corrected chi connectivity index (χ1v) is 11.7. The lowest BCUT2D eigenvalue weighted by atomic mass is 9.91. The van der Waals surface area contributed by atoms with Crippen molar-refractivity contribution >= 4 is 56.3 Å². The summed E-state index contributed by atoms with van der Waals surface area (Å²) in [7, 11) is 0. The maximum atomic E-state index is 12.4. The minimum absolute atomic E-state index is 0.152. The summed E-state index contributed by atoms with van der Waals surface area (Å²) in [6.07, 6.45) is -1.32. The van der Waals surface area contributed by atoms with E-state index in [1.807, 2.05) is 24.3 Å². The molecule has 8 heteroatoms. The highest BCUT2D eigenvalue weighted by Gasteiger charge is 2.22. The molecule has 0 spiro atoms. The number of nitrogens with one attached hydrogen (secondary N) is 2. The largest absolute Gasteiger partial charge is 0.412 e. The van der Waals surface area contributed by atoms with Crippen molar-refractivity contribution in [1.29, 1.82) is 5.26 Å². The van der Waals surface area contributed by atoms with Crippen molar-refractivity contribution in [1.82, 2.24) is 10.6 Å². The number of nitrogens with zero attached hydrogens (tertiary/aromatic N) is 1. The zero-order chi connectivity index (χ0) is 24.9. The van der Waals surface area contributed by atoms with E-state index < -0.39 is 12.2 Å². The van der Waals surface area contributed by atoms with Crippen molar-refractivity contribution in [2.45, 2.75) is 0 Å². The van der Waals surface area contributed by atoms with E-state index in [4.69, 9.17) is 9.47 Å². The number of carbonyl (C=O) groups excluding carboxylic acids is 2. The molecule has 7 nitrogen and oxygen atoms in total. The van der Waals surface area contributed by atoms with Gasteiger partial charge in [0.05, 0.1) is 11.6 Å².